The molecule has 3 heterocycles. The molecule has 4 rings (SSSR count). The van der Waals surface area contributed by atoms with Gasteiger partial charge in [0.1, 0.15) is 0 Å². The number of carbonyl (C=O) groups is 2. The third-order valence-corrected chi connectivity index (χ3v) is 5.13. The van der Waals surface area contributed by atoms with E-state index in [0.29, 0.717) is 11.1 Å². The molecule has 0 saturated carbocycles. The quantitative estimate of drug-likeness (QED) is 0.775. The van der Waals surface area contributed by atoms with Crippen LogP contribution in [-0.4, -0.2) is 63.2 Å². The second kappa shape index (κ2) is 8.99. The molecule has 1 N–H and O–H groups in total. The predicted molar refractivity (Wildman–Crippen MR) is 102 cm³/mol. The van der Waals surface area contributed by atoms with Gasteiger partial charge in [0.15, 0.2) is 0 Å². The number of aliphatic carboxylic acids is 1. The van der Waals surface area contributed by atoms with E-state index in [0.717, 1.165) is 31.9 Å². The summed E-state index contributed by atoms with van der Waals surface area (Å²) in [6.45, 7) is 1.59. The van der Waals surface area contributed by atoms with Crippen LogP contribution in [-0.2, 0) is 4.79 Å². The molecule has 2 fully saturated rings. The largest absolute Gasteiger partial charge is 0.490 e. The normalized spacial score (nSPS) is 19.8. The number of hydrogen-bond acceptors (Lipinski definition) is 6. The lowest BCUT2D eigenvalue weighted by Crippen LogP contribution is -2.40. The van der Waals surface area contributed by atoms with Crippen LogP contribution >= 0.6 is 0 Å². The molecule has 0 aliphatic carbocycles. The summed E-state index contributed by atoms with van der Waals surface area (Å²) in [6.07, 6.45) is 0.265. The second-order valence-corrected chi connectivity index (χ2v) is 6.95. The molecule has 0 unspecified atom stereocenters. The zero-order chi connectivity index (χ0) is 22.6. The SMILES string of the molecule is N#Cc1cccc(C(=O)N2CC[C@H]3[C@H]2CCN3c2ncccn2)c1.O=C(O)C(F)(F)F. The van der Waals surface area contributed by atoms with Gasteiger partial charge in [-0.25, -0.2) is 14.8 Å². The number of anilines is 1. The van der Waals surface area contributed by atoms with Crippen molar-refractivity contribution in [3.63, 3.8) is 0 Å². The van der Waals surface area contributed by atoms with E-state index in [1.807, 2.05) is 11.0 Å². The van der Waals surface area contributed by atoms with Gasteiger partial charge in [0.05, 0.1) is 23.7 Å². The zero-order valence-electron chi connectivity index (χ0n) is 16.2. The monoisotopic (exact) mass is 433 g/mol. The van der Waals surface area contributed by atoms with Crippen LogP contribution in [0.15, 0.2) is 42.7 Å². The topological polar surface area (TPSA) is 110 Å². The second-order valence-electron chi connectivity index (χ2n) is 6.95. The Morgan fingerprint density at radius 3 is 2.35 bits per heavy atom. The lowest BCUT2D eigenvalue weighted by Gasteiger charge is -2.25. The van der Waals surface area contributed by atoms with Gasteiger partial charge in [-0.15, -0.1) is 0 Å². The Bertz CT molecular complexity index is 994. The van der Waals surface area contributed by atoms with Crippen molar-refractivity contribution in [2.75, 3.05) is 18.0 Å². The van der Waals surface area contributed by atoms with Gasteiger partial charge in [0, 0.05) is 31.0 Å². The number of rotatable bonds is 2. The van der Waals surface area contributed by atoms with Crippen LogP contribution in [0.25, 0.3) is 0 Å². The zero-order valence-corrected chi connectivity index (χ0v) is 16.2. The summed E-state index contributed by atoms with van der Waals surface area (Å²) in [5, 5.41) is 16.1. The maximum absolute atomic E-state index is 12.9. The molecule has 1 aromatic carbocycles. The Morgan fingerprint density at radius 1 is 1.10 bits per heavy atom. The van der Waals surface area contributed by atoms with Crippen molar-refractivity contribution in [3.8, 4) is 6.07 Å². The van der Waals surface area contributed by atoms with Gasteiger partial charge < -0.3 is 14.9 Å². The number of hydrogen-bond donors (Lipinski definition) is 1. The number of fused-ring (bicyclic) bond motifs is 1. The van der Waals surface area contributed by atoms with Gasteiger partial charge in [-0.2, -0.15) is 18.4 Å². The highest BCUT2D eigenvalue weighted by atomic mass is 19.4. The van der Waals surface area contributed by atoms with Gasteiger partial charge in [-0.05, 0) is 37.1 Å². The molecule has 2 aromatic rings. The minimum absolute atomic E-state index is 0.00966. The molecule has 1 amide bonds. The van der Waals surface area contributed by atoms with Crippen molar-refractivity contribution < 1.29 is 27.9 Å². The molecular formula is C20H18F3N5O3. The fraction of sp³-hybridized carbons (Fsp3) is 0.350. The maximum atomic E-state index is 12.9. The first-order valence-corrected chi connectivity index (χ1v) is 9.37. The highest BCUT2D eigenvalue weighted by Gasteiger charge is 2.45. The van der Waals surface area contributed by atoms with Crippen molar-refractivity contribution in [3.05, 3.63) is 53.9 Å². The first kappa shape index (κ1) is 22.0. The number of carbonyl (C=O) groups excluding carboxylic acids is 1. The maximum Gasteiger partial charge on any atom is 0.490 e. The molecule has 2 saturated heterocycles. The Kier molecular flexibility index (Phi) is 6.39. The van der Waals surface area contributed by atoms with E-state index in [1.165, 1.54) is 0 Å². The number of halogens is 3. The average Bonchev–Trinajstić information content (AvgIpc) is 3.36. The number of nitriles is 1. The molecule has 1 aromatic heterocycles. The lowest BCUT2D eigenvalue weighted by molar-refractivity contribution is -0.192. The molecule has 0 radical (unpaired) electrons. The average molecular weight is 433 g/mol. The van der Waals surface area contributed by atoms with Gasteiger partial charge in [0.25, 0.3) is 5.91 Å². The van der Waals surface area contributed by atoms with Crippen molar-refractivity contribution in [2.45, 2.75) is 31.1 Å². The van der Waals surface area contributed by atoms with Crippen LogP contribution in [0, 0.1) is 11.3 Å². The number of amides is 1. The smallest absolute Gasteiger partial charge is 0.475 e. The number of carboxylic acids is 1. The highest BCUT2D eigenvalue weighted by Crippen LogP contribution is 2.34. The van der Waals surface area contributed by atoms with E-state index in [-0.39, 0.29) is 18.0 Å². The van der Waals surface area contributed by atoms with Crippen molar-refractivity contribution in [1.82, 2.24) is 14.9 Å². The molecule has 2 aliphatic heterocycles. The summed E-state index contributed by atoms with van der Waals surface area (Å²) >= 11 is 0. The van der Waals surface area contributed by atoms with Crippen LogP contribution in [0.3, 0.4) is 0 Å². The predicted octanol–water partition coefficient (Wildman–Crippen LogP) is 2.47. The molecular weight excluding hydrogens is 415 g/mol. The lowest BCUT2D eigenvalue weighted by atomic mass is 10.1. The van der Waals surface area contributed by atoms with E-state index in [9.17, 15) is 18.0 Å². The molecule has 0 bridgehead atoms. The van der Waals surface area contributed by atoms with Crippen molar-refractivity contribution in [2.24, 2.45) is 0 Å². The Labute approximate surface area is 175 Å². The van der Waals surface area contributed by atoms with Gasteiger partial charge >= 0.3 is 12.1 Å². The molecule has 162 valence electrons. The summed E-state index contributed by atoms with van der Waals surface area (Å²) in [7, 11) is 0. The Morgan fingerprint density at radius 2 is 1.74 bits per heavy atom. The highest BCUT2D eigenvalue weighted by molar-refractivity contribution is 5.95. The number of benzene rings is 1. The third kappa shape index (κ3) is 4.91. The standard InChI is InChI=1S/C18H17N5O.C2HF3O2/c19-12-13-3-1-4-14(11-13)17(24)22-9-5-16-15(22)6-10-23(16)18-20-7-2-8-21-18;3-2(4,5)1(6)7/h1-4,7-8,11,15-16H,5-6,9-10H2;(H,6,7)/t15-,16+;/m1./s1. The fourth-order valence-electron chi connectivity index (χ4n) is 3.81. The summed E-state index contributed by atoms with van der Waals surface area (Å²) < 4.78 is 31.7. The first-order chi connectivity index (χ1) is 14.7. The van der Waals surface area contributed by atoms with Crippen LogP contribution in [0.2, 0.25) is 0 Å². The van der Waals surface area contributed by atoms with Crippen LogP contribution < -0.4 is 4.90 Å². The fourth-order valence-corrected chi connectivity index (χ4v) is 3.81. The molecule has 0 spiro atoms. The molecule has 2 aliphatic rings. The Balaban J connectivity index is 0.000000339. The summed E-state index contributed by atoms with van der Waals surface area (Å²) in [5.41, 5.74) is 1.10. The third-order valence-electron chi connectivity index (χ3n) is 5.13. The van der Waals surface area contributed by atoms with E-state index >= 15 is 0 Å². The number of carboxylic acid groups (broad SMARTS) is 1. The van der Waals surface area contributed by atoms with E-state index < -0.39 is 12.1 Å². The molecule has 31 heavy (non-hydrogen) atoms. The first-order valence-electron chi connectivity index (χ1n) is 9.37. The number of nitrogens with zero attached hydrogens (tertiary/aromatic N) is 5. The molecule has 11 heteroatoms. The Hall–Kier alpha value is -3.68. The number of alkyl halides is 3. The number of likely N-dealkylation sites (tertiary alicyclic amines) is 1. The van der Waals surface area contributed by atoms with Crippen LogP contribution in [0.5, 0.6) is 0 Å². The van der Waals surface area contributed by atoms with Crippen molar-refractivity contribution >= 4 is 17.8 Å². The molecule has 2 atom stereocenters. The van der Waals surface area contributed by atoms with Gasteiger partial charge in [0.2, 0.25) is 5.95 Å². The molecule has 8 nitrogen and oxygen atoms in total. The minimum atomic E-state index is -5.08. The van der Waals surface area contributed by atoms with Gasteiger partial charge in [-0.1, -0.05) is 6.07 Å². The van der Waals surface area contributed by atoms with Crippen LogP contribution in [0.4, 0.5) is 19.1 Å². The van der Waals surface area contributed by atoms with E-state index in [2.05, 4.69) is 20.9 Å². The van der Waals surface area contributed by atoms with E-state index in [1.54, 1.807) is 36.7 Å². The number of aromatic nitrogens is 2. The van der Waals surface area contributed by atoms with Crippen molar-refractivity contribution in [1.29, 1.82) is 5.26 Å². The van der Waals surface area contributed by atoms with E-state index in [4.69, 9.17) is 15.2 Å². The summed E-state index contributed by atoms with van der Waals surface area (Å²) in [5.74, 6) is -2.01. The van der Waals surface area contributed by atoms with Crippen LogP contribution in [0.1, 0.15) is 28.8 Å². The minimum Gasteiger partial charge on any atom is -0.475 e. The summed E-state index contributed by atoms with van der Waals surface area (Å²) in [4.78, 5) is 34.6. The summed E-state index contributed by atoms with van der Waals surface area (Å²) in [6, 6.07) is 11.3. The van der Waals surface area contributed by atoms with Gasteiger partial charge in [-0.3, -0.25) is 4.79 Å².